The molecule has 0 saturated heterocycles. The lowest BCUT2D eigenvalue weighted by Gasteiger charge is -2.21. The molecule has 0 unspecified atom stereocenters. The van der Waals surface area contributed by atoms with Crippen molar-refractivity contribution in [2.24, 2.45) is 0 Å². The number of anilines is 2. The van der Waals surface area contributed by atoms with Crippen LogP contribution in [-0.2, 0) is 13.0 Å². The fourth-order valence-electron chi connectivity index (χ4n) is 2.30. The van der Waals surface area contributed by atoms with Crippen LogP contribution < -0.4 is 10.2 Å². The van der Waals surface area contributed by atoms with E-state index in [4.69, 9.17) is 0 Å². The monoisotopic (exact) mass is 283 g/mol. The number of nitrogens with one attached hydrogen (secondary N) is 1. The van der Waals surface area contributed by atoms with Gasteiger partial charge in [0.15, 0.2) is 0 Å². The lowest BCUT2D eigenvalue weighted by molar-refractivity contribution is 0.902. The van der Waals surface area contributed by atoms with Gasteiger partial charge < -0.3 is 10.2 Å². The molecule has 3 nitrogen and oxygen atoms in total. The highest BCUT2D eigenvalue weighted by atomic mass is 15.1. The van der Waals surface area contributed by atoms with Crippen molar-refractivity contribution in [1.82, 2.24) is 4.98 Å². The van der Waals surface area contributed by atoms with Crippen LogP contribution in [0, 0.1) is 0 Å². The van der Waals surface area contributed by atoms with E-state index in [9.17, 15) is 0 Å². The van der Waals surface area contributed by atoms with Crippen LogP contribution >= 0.6 is 0 Å². The van der Waals surface area contributed by atoms with Crippen LogP contribution in [0.1, 0.15) is 31.4 Å². The van der Waals surface area contributed by atoms with Gasteiger partial charge in [0.1, 0.15) is 5.82 Å². The first-order valence-electron chi connectivity index (χ1n) is 7.72. The van der Waals surface area contributed by atoms with Crippen molar-refractivity contribution in [2.75, 3.05) is 23.8 Å². The fourth-order valence-corrected chi connectivity index (χ4v) is 2.30. The van der Waals surface area contributed by atoms with Crippen molar-refractivity contribution < 1.29 is 0 Å². The van der Waals surface area contributed by atoms with Gasteiger partial charge in [-0.25, -0.2) is 4.98 Å². The SMILES string of the molecule is CCCNc1ncccc1CN(C)c1ccc(CC)cc1. The molecule has 1 aromatic heterocycles. The first-order chi connectivity index (χ1) is 10.2. The van der Waals surface area contributed by atoms with Gasteiger partial charge in [0.25, 0.3) is 0 Å². The summed E-state index contributed by atoms with van der Waals surface area (Å²) < 4.78 is 0. The Hall–Kier alpha value is -2.03. The van der Waals surface area contributed by atoms with E-state index in [0.717, 1.165) is 31.7 Å². The van der Waals surface area contributed by atoms with Crippen molar-refractivity contribution in [3.63, 3.8) is 0 Å². The number of hydrogen-bond donors (Lipinski definition) is 1. The molecule has 0 bridgehead atoms. The molecule has 1 aromatic carbocycles. The van der Waals surface area contributed by atoms with Crippen LogP contribution in [0.15, 0.2) is 42.6 Å². The van der Waals surface area contributed by atoms with Crippen LogP contribution in [0.4, 0.5) is 11.5 Å². The molecule has 0 radical (unpaired) electrons. The fraction of sp³-hybridized carbons (Fsp3) is 0.389. The molecule has 2 aromatic rings. The zero-order valence-corrected chi connectivity index (χ0v) is 13.3. The van der Waals surface area contributed by atoms with E-state index in [0.29, 0.717) is 0 Å². The van der Waals surface area contributed by atoms with Gasteiger partial charge >= 0.3 is 0 Å². The van der Waals surface area contributed by atoms with Gasteiger partial charge in [-0.15, -0.1) is 0 Å². The van der Waals surface area contributed by atoms with E-state index in [1.165, 1.54) is 16.8 Å². The van der Waals surface area contributed by atoms with Crippen LogP contribution in [-0.4, -0.2) is 18.6 Å². The summed E-state index contributed by atoms with van der Waals surface area (Å²) >= 11 is 0. The summed E-state index contributed by atoms with van der Waals surface area (Å²) in [5, 5.41) is 3.40. The summed E-state index contributed by atoms with van der Waals surface area (Å²) in [7, 11) is 2.12. The van der Waals surface area contributed by atoms with Crippen molar-refractivity contribution in [3.05, 3.63) is 53.7 Å². The average molecular weight is 283 g/mol. The van der Waals surface area contributed by atoms with Gasteiger partial charge in [-0.3, -0.25) is 0 Å². The summed E-state index contributed by atoms with van der Waals surface area (Å²) in [6.07, 6.45) is 4.03. The number of aryl methyl sites for hydroxylation is 1. The lowest BCUT2D eigenvalue weighted by atomic mass is 10.1. The highest BCUT2D eigenvalue weighted by Crippen LogP contribution is 2.19. The maximum Gasteiger partial charge on any atom is 0.130 e. The molecule has 112 valence electrons. The molecular formula is C18H25N3. The maximum atomic E-state index is 4.45. The third-order valence-corrected chi connectivity index (χ3v) is 3.63. The van der Waals surface area contributed by atoms with Crippen LogP contribution in [0.2, 0.25) is 0 Å². The van der Waals surface area contributed by atoms with Crippen LogP contribution in [0.5, 0.6) is 0 Å². The number of benzene rings is 1. The van der Waals surface area contributed by atoms with Crippen LogP contribution in [0.25, 0.3) is 0 Å². The summed E-state index contributed by atoms with van der Waals surface area (Å²) in [4.78, 5) is 6.71. The Kier molecular flexibility index (Phi) is 5.61. The van der Waals surface area contributed by atoms with Gasteiger partial charge in [-0.2, -0.15) is 0 Å². The summed E-state index contributed by atoms with van der Waals surface area (Å²) in [6, 6.07) is 12.9. The maximum absolute atomic E-state index is 4.45. The normalized spacial score (nSPS) is 10.4. The van der Waals surface area contributed by atoms with E-state index in [1.807, 2.05) is 12.3 Å². The number of hydrogen-bond acceptors (Lipinski definition) is 3. The second kappa shape index (κ2) is 7.67. The Morgan fingerprint density at radius 3 is 2.52 bits per heavy atom. The summed E-state index contributed by atoms with van der Waals surface area (Å²) in [5.41, 5.74) is 3.84. The quantitative estimate of drug-likeness (QED) is 0.829. The summed E-state index contributed by atoms with van der Waals surface area (Å²) in [5.74, 6) is 0.997. The first kappa shape index (κ1) is 15.4. The summed E-state index contributed by atoms with van der Waals surface area (Å²) in [6.45, 7) is 6.15. The molecule has 0 fully saturated rings. The molecule has 0 amide bonds. The van der Waals surface area contributed by atoms with Gasteiger partial charge in [0.2, 0.25) is 0 Å². The van der Waals surface area contributed by atoms with Crippen molar-refractivity contribution >= 4 is 11.5 Å². The predicted molar refractivity (Wildman–Crippen MR) is 90.9 cm³/mol. The van der Waals surface area contributed by atoms with Gasteiger partial charge in [-0.05, 0) is 36.6 Å². The van der Waals surface area contributed by atoms with E-state index in [2.05, 4.69) is 66.4 Å². The predicted octanol–water partition coefficient (Wildman–Crippen LogP) is 4.10. The van der Waals surface area contributed by atoms with Crippen LogP contribution in [0.3, 0.4) is 0 Å². The molecule has 0 atom stereocenters. The van der Waals surface area contributed by atoms with Crippen molar-refractivity contribution in [2.45, 2.75) is 33.2 Å². The minimum atomic E-state index is 0.853. The van der Waals surface area contributed by atoms with E-state index >= 15 is 0 Å². The minimum Gasteiger partial charge on any atom is -0.370 e. The molecule has 0 aliphatic carbocycles. The Morgan fingerprint density at radius 2 is 1.86 bits per heavy atom. The second-order valence-corrected chi connectivity index (χ2v) is 5.31. The first-order valence-corrected chi connectivity index (χ1v) is 7.72. The van der Waals surface area contributed by atoms with Gasteiger partial charge in [0, 0.05) is 37.6 Å². The zero-order chi connectivity index (χ0) is 15.1. The van der Waals surface area contributed by atoms with E-state index < -0.39 is 0 Å². The Balaban J connectivity index is 2.09. The van der Waals surface area contributed by atoms with E-state index in [-0.39, 0.29) is 0 Å². The molecule has 1 N–H and O–H groups in total. The molecule has 21 heavy (non-hydrogen) atoms. The lowest BCUT2D eigenvalue weighted by Crippen LogP contribution is -2.18. The minimum absolute atomic E-state index is 0.853. The molecule has 2 rings (SSSR count). The smallest absolute Gasteiger partial charge is 0.130 e. The highest BCUT2D eigenvalue weighted by Gasteiger charge is 2.07. The molecule has 0 spiro atoms. The van der Waals surface area contributed by atoms with Gasteiger partial charge in [0.05, 0.1) is 0 Å². The number of nitrogens with zero attached hydrogens (tertiary/aromatic N) is 2. The molecule has 0 saturated carbocycles. The van der Waals surface area contributed by atoms with Crippen molar-refractivity contribution in [3.8, 4) is 0 Å². The standard InChI is InChI=1S/C18H25N3/c1-4-12-19-18-16(7-6-13-20-18)14-21(3)17-10-8-15(5-2)9-11-17/h6-11,13H,4-5,12,14H2,1-3H3,(H,19,20). The molecule has 1 heterocycles. The third-order valence-electron chi connectivity index (χ3n) is 3.63. The van der Waals surface area contributed by atoms with Crippen molar-refractivity contribution in [1.29, 1.82) is 0 Å². The second-order valence-electron chi connectivity index (χ2n) is 5.31. The highest BCUT2D eigenvalue weighted by molar-refractivity contribution is 5.51. The molecule has 0 aliphatic heterocycles. The number of pyridine rings is 1. The molecular weight excluding hydrogens is 258 g/mol. The molecule has 0 aliphatic rings. The number of rotatable bonds is 7. The topological polar surface area (TPSA) is 28.2 Å². The Bertz CT molecular complexity index is 549. The molecule has 3 heteroatoms. The number of aromatic nitrogens is 1. The average Bonchev–Trinajstić information content (AvgIpc) is 2.54. The Labute approximate surface area is 128 Å². The third kappa shape index (κ3) is 4.22. The van der Waals surface area contributed by atoms with Gasteiger partial charge in [-0.1, -0.05) is 32.0 Å². The Morgan fingerprint density at radius 1 is 1.10 bits per heavy atom. The largest absolute Gasteiger partial charge is 0.370 e. The van der Waals surface area contributed by atoms with E-state index in [1.54, 1.807) is 0 Å². The zero-order valence-electron chi connectivity index (χ0n) is 13.3.